The van der Waals surface area contributed by atoms with Crippen LogP contribution in [0, 0.1) is 0 Å². The molecule has 5 heteroatoms. The van der Waals surface area contributed by atoms with Gasteiger partial charge in [-0.15, -0.1) is 0 Å². The van der Waals surface area contributed by atoms with E-state index in [-0.39, 0.29) is 12.1 Å². The van der Waals surface area contributed by atoms with Crippen molar-refractivity contribution in [3.8, 4) is 0 Å². The number of carbonyl (C=O) groups excluding carboxylic acids is 1. The number of carbonyl (C=O) groups is 1. The van der Waals surface area contributed by atoms with Crippen molar-refractivity contribution in [1.82, 2.24) is 0 Å². The standard InChI is InChI=1S/C6H11O2.Bi.2ClH/c1-4-6(7)8-5(2)3;;;/h5H,1,4H2,2-3H3;;2*1H/q;+2;;/p-2. The molecule has 0 N–H and O–H groups in total. The topological polar surface area (TPSA) is 26.3 Å². The van der Waals surface area contributed by atoms with E-state index in [0.29, 0.717) is 10.5 Å². The minimum atomic E-state index is -2.17. The number of ether oxygens (including phenoxy) is 1. The van der Waals surface area contributed by atoms with Crippen LogP contribution < -0.4 is 0 Å². The number of esters is 1. The van der Waals surface area contributed by atoms with Crippen LogP contribution in [0.15, 0.2) is 0 Å². The van der Waals surface area contributed by atoms with E-state index < -0.39 is 19.4 Å². The molecule has 0 bridgehead atoms. The van der Waals surface area contributed by atoms with Crippen molar-refractivity contribution in [1.29, 1.82) is 0 Å². The van der Waals surface area contributed by atoms with Crippen LogP contribution in [0.2, 0.25) is 4.13 Å². The first kappa shape index (κ1) is 11.9. The molecule has 0 atom stereocenters. The Hall–Kier alpha value is 0.933. The molecule has 0 rings (SSSR count). The third-order valence-electron chi connectivity index (χ3n) is 0.852. The molecule has 0 aliphatic carbocycles. The van der Waals surface area contributed by atoms with Gasteiger partial charge in [0.1, 0.15) is 0 Å². The maximum absolute atomic E-state index is 10.9. The van der Waals surface area contributed by atoms with Crippen LogP contribution in [0.3, 0.4) is 0 Å². The first-order valence-corrected chi connectivity index (χ1v) is 14.3. The fourth-order valence-electron chi connectivity index (χ4n) is 0.498. The van der Waals surface area contributed by atoms with Gasteiger partial charge in [0.25, 0.3) is 0 Å². The van der Waals surface area contributed by atoms with Gasteiger partial charge < -0.3 is 0 Å². The summed E-state index contributed by atoms with van der Waals surface area (Å²) in [6.07, 6.45) is 0.337. The summed E-state index contributed by atoms with van der Waals surface area (Å²) in [7, 11) is 11.2. The zero-order valence-corrected chi connectivity index (χ0v) is 11.5. The van der Waals surface area contributed by atoms with Crippen LogP contribution >= 0.6 is 17.0 Å². The first-order valence-electron chi connectivity index (χ1n) is 3.31. The third-order valence-corrected chi connectivity index (χ3v) is 6.00. The molecular formula is C6H11BiCl2O2. The summed E-state index contributed by atoms with van der Waals surface area (Å²) in [5, 5.41) is 0. The molecule has 0 radical (unpaired) electrons. The summed E-state index contributed by atoms with van der Waals surface area (Å²) in [5.74, 6) is -0.193. The fourth-order valence-corrected chi connectivity index (χ4v) is 3.35. The Labute approximate surface area is 82.0 Å². The van der Waals surface area contributed by atoms with Crippen LogP contribution in [0.1, 0.15) is 20.3 Å². The molecule has 0 heterocycles. The van der Waals surface area contributed by atoms with Gasteiger partial charge in [-0.05, 0) is 0 Å². The molecule has 0 aliphatic rings. The van der Waals surface area contributed by atoms with E-state index in [4.69, 9.17) is 21.8 Å². The summed E-state index contributed by atoms with van der Waals surface area (Å²) in [6, 6.07) is 0. The van der Waals surface area contributed by atoms with E-state index in [1.807, 2.05) is 13.8 Å². The monoisotopic (exact) mass is 394 g/mol. The predicted molar refractivity (Wildman–Crippen MR) is 48.1 cm³/mol. The Bertz CT molecular complexity index is 128. The van der Waals surface area contributed by atoms with E-state index in [1.54, 1.807) is 0 Å². The van der Waals surface area contributed by atoms with Gasteiger partial charge in [0, 0.05) is 0 Å². The number of hydrogen-bond acceptors (Lipinski definition) is 2. The number of rotatable bonds is 4. The summed E-state index contributed by atoms with van der Waals surface area (Å²) < 4.78 is 5.53. The second kappa shape index (κ2) is 6.45. The van der Waals surface area contributed by atoms with Crippen molar-refractivity contribution >= 4 is 42.4 Å². The second-order valence-electron chi connectivity index (χ2n) is 2.32. The van der Waals surface area contributed by atoms with Crippen molar-refractivity contribution < 1.29 is 9.53 Å². The molecule has 0 aromatic carbocycles. The van der Waals surface area contributed by atoms with Crippen LogP contribution in [0.5, 0.6) is 0 Å². The molecule has 11 heavy (non-hydrogen) atoms. The molecule has 0 amide bonds. The average molecular weight is 395 g/mol. The van der Waals surface area contributed by atoms with Crippen LogP contribution in [0.25, 0.3) is 0 Å². The molecule has 0 aromatic heterocycles. The number of halogens is 2. The van der Waals surface area contributed by atoms with Crippen molar-refractivity contribution in [3.05, 3.63) is 0 Å². The average Bonchev–Trinajstić information content (AvgIpc) is 1.82. The van der Waals surface area contributed by atoms with Gasteiger partial charge in [0.05, 0.1) is 0 Å². The number of hydrogen-bond donors (Lipinski definition) is 0. The molecule has 0 aliphatic heterocycles. The van der Waals surface area contributed by atoms with Crippen LogP contribution in [-0.4, -0.2) is 31.4 Å². The van der Waals surface area contributed by atoms with Crippen molar-refractivity contribution in [3.63, 3.8) is 0 Å². The van der Waals surface area contributed by atoms with Gasteiger partial charge in [-0.2, -0.15) is 0 Å². The first-order chi connectivity index (χ1) is 5.02. The zero-order chi connectivity index (χ0) is 8.85. The molecule has 0 fully saturated rings. The zero-order valence-electron chi connectivity index (χ0n) is 6.51. The Morgan fingerprint density at radius 1 is 1.55 bits per heavy atom. The molecule has 66 valence electrons. The Balaban J connectivity index is 3.38. The van der Waals surface area contributed by atoms with Crippen molar-refractivity contribution in [2.24, 2.45) is 0 Å². The van der Waals surface area contributed by atoms with Gasteiger partial charge >= 0.3 is 82.4 Å². The predicted octanol–water partition coefficient (Wildman–Crippen LogP) is 2.29. The molecule has 0 aromatic rings. The molecule has 0 saturated heterocycles. The quantitative estimate of drug-likeness (QED) is 0.540. The summed E-state index contributed by atoms with van der Waals surface area (Å²) in [6.45, 7) is 3.64. The Kier molecular flexibility index (Phi) is 7.00. The Morgan fingerprint density at radius 3 is 2.45 bits per heavy atom. The van der Waals surface area contributed by atoms with E-state index in [0.717, 1.165) is 0 Å². The van der Waals surface area contributed by atoms with Crippen molar-refractivity contribution in [2.45, 2.75) is 30.5 Å². The van der Waals surface area contributed by atoms with E-state index in [2.05, 4.69) is 0 Å². The SMILES string of the molecule is CC(C)OC(=O)C[CH2][Bi]([Cl])[Cl]. The summed E-state index contributed by atoms with van der Waals surface area (Å²) >= 11 is -2.17. The van der Waals surface area contributed by atoms with Gasteiger partial charge in [0.15, 0.2) is 0 Å². The molecular weight excluding hydrogens is 384 g/mol. The molecule has 2 nitrogen and oxygen atoms in total. The van der Waals surface area contributed by atoms with E-state index in [9.17, 15) is 4.79 Å². The van der Waals surface area contributed by atoms with Crippen LogP contribution in [-0.2, 0) is 9.53 Å². The molecule has 0 spiro atoms. The van der Waals surface area contributed by atoms with Gasteiger partial charge in [-0.25, -0.2) is 0 Å². The molecule has 0 unspecified atom stereocenters. The normalized spacial score (nSPS) is 10.7. The van der Waals surface area contributed by atoms with Gasteiger partial charge in [-0.1, -0.05) is 0 Å². The van der Waals surface area contributed by atoms with Crippen LogP contribution in [0.4, 0.5) is 0 Å². The Morgan fingerprint density at radius 2 is 2.09 bits per heavy atom. The van der Waals surface area contributed by atoms with E-state index >= 15 is 0 Å². The minimum absolute atomic E-state index is 0.0407. The maximum atomic E-state index is 10.9. The second-order valence-corrected chi connectivity index (χ2v) is 15.1. The van der Waals surface area contributed by atoms with Crippen molar-refractivity contribution in [2.75, 3.05) is 0 Å². The summed E-state index contributed by atoms with van der Waals surface area (Å²) in [5.41, 5.74) is 0. The summed E-state index contributed by atoms with van der Waals surface area (Å²) in [4.78, 5) is 10.9. The van der Waals surface area contributed by atoms with E-state index in [1.165, 1.54) is 0 Å². The third kappa shape index (κ3) is 8.84. The van der Waals surface area contributed by atoms with Gasteiger partial charge in [-0.3, -0.25) is 0 Å². The van der Waals surface area contributed by atoms with Gasteiger partial charge in [0.2, 0.25) is 0 Å². The fraction of sp³-hybridized carbons (Fsp3) is 0.833. The molecule has 0 saturated carbocycles.